The molecule has 1 aromatic heterocycles. The van der Waals surface area contributed by atoms with Crippen molar-refractivity contribution in [1.82, 2.24) is 10.2 Å². The van der Waals surface area contributed by atoms with E-state index >= 15 is 0 Å². The fourth-order valence-electron chi connectivity index (χ4n) is 2.61. The van der Waals surface area contributed by atoms with Gasteiger partial charge < -0.3 is 9.52 Å². The maximum Gasteiger partial charge on any atom is 0.325 e. The van der Waals surface area contributed by atoms with Crippen molar-refractivity contribution in [1.29, 1.82) is 0 Å². The molecule has 4 rings (SSSR count). The summed E-state index contributed by atoms with van der Waals surface area (Å²) in [6.07, 6.45) is 2.95. The van der Waals surface area contributed by atoms with Crippen LogP contribution in [0.25, 0.3) is 0 Å². The molecule has 1 spiro atoms. The number of hydrogen-bond donors (Lipinski definition) is 1. The van der Waals surface area contributed by atoms with Crippen LogP contribution < -0.4 is 5.06 Å². The molecule has 0 saturated carbocycles. The Bertz CT molecular complexity index is 770. The first kappa shape index (κ1) is 15.4. The molecular weight excluding hydrogens is 342 g/mol. The molecule has 9 nitrogen and oxygen atoms in total. The molecule has 0 bridgehead atoms. The lowest BCUT2D eigenvalue weighted by atomic mass is 10.1. The van der Waals surface area contributed by atoms with Gasteiger partial charge in [0.25, 0.3) is 5.79 Å². The average molecular weight is 354 g/mol. The number of aromatic nitrogens is 1. The molecule has 1 atom stereocenters. The van der Waals surface area contributed by atoms with Gasteiger partial charge in [-0.2, -0.15) is 0 Å². The Morgan fingerprint density at radius 3 is 3.04 bits per heavy atom. The fourth-order valence-corrected chi connectivity index (χ4v) is 2.78. The number of carboxylic acids is 1. The van der Waals surface area contributed by atoms with E-state index in [4.69, 9.17) is 35.6 Å². The first-order valence-electron chi connectivity index (χ1n) is 7.02. The van der Waals surface area contributed by atoms with Gasteiger partial charge in [-0.15, -0.1) is 0 Å². The molecule has 24 heavy (non-hydrogen) atoms. The van der Waals surface area contributed by atoms with Gasteiger partial charge in [-0.3, -0.25) is 9.63 Å². The van der Waals surface area contributed by atoms with Gasteiger partial charge in [0.15, 0.2) is 0 Å². The highest BCUT2D eigenvalue weighted by Gasteiger charge is 2.53. The molecule has 126 valence electrons. The van der Waals surface area contributed by atoms with Crippen LogP contribution in [0.1, 0.15) is 11.5 Å². The van der Waals surface area contributed by atoms with Crippen molar-refractivity contribution in [3.63, 3.8) is 0 Å². The van der Waals surface area contributed by atoms with Gasteiger partial charge in [-0.05, 0) is 18.2 Å². The molecule has 2 aliphatic heterocycles. The van der Waals surface area contributed by atoms with Gasteiger partial charge in [0.1, 0.15) is 26.0 Å². The number of hydroxylamine groups is 3. The Labute approximate surface area is 140 Å². The monoisotopic (exact) mass is 353 g/mol. The largest absolute Gasteiger partial charge is 0.480 e. The Hall–Kier alpha value is -2.17. The van der Waals surface area contributed by atoms with Crippen molar-refractivity contribution in [2.75, 3.05) is 18.2 Å². The second kappa shape index (κ2) is 5.72. The number of benzene rings is 1. The highest BCUT2D eigenvalue weighted by atomic mass is 35.5. The highest BCUT2D eigenvalue weighted by molar-refractivity contribution is 6.30. The van der Waals surface area contributed by atoms with Crippen molar-refractivity contribution in [2.45, 2.75) is 12.3 Å². The van der Waals surface area contributed by atoms with E-state index in [-0.39, 0.29) is 19.7 Å². The van der Waals surface area contributed by atoms with Crippen molar-refractivity contribution in [2.24, 2.45) is 0 Å². The maximum atomic E-state index is 11.1. The third-order valence-electron chi connectivity index (χ3n) is 3.57. The summed E-state index contributed by atoms with van der Waals surface area (Å²) >= 11 is 6.06. The number of carbonyl (C=O) groups is 1. The van der Waals surface area contributed by atoms with Gasteiger partial charge in [0.05, 0.1) is 11.9 Å². The summed E-state index contributed by atoms with van der Waals surface area (Å²) in [7, 11) is 0. The van der Waals surface area contributed by atoms with Crippen LogP contribution in [0.15, 0.2) is 35.1 Å². The average Bonchev–Trinajstić information content (AvgIpc) is 3.22. The molecule has 0 radical (unpaired) electrons. The Morgan fingerprint density at radius 1 is 1.42 bits per heavy atom. The van der Waals surface area contributed by atoms with Crippen LogP contribution >= 0.6 is 11.6 Å². The third kappa shape index (κ3) is 2.62. The topological polar surface area (TPSA) is 97.5 Å². The molecule has 1 fully saturated rings. The molecule has 3 heterocycles. The van der Waals surface area contributed by atoms with Gasteiger partial charge in [-0.25, -0.2) is 19.7 Å². The second-order valence-electron chi connectivity index (χ2n) is 5.22. The Kier molecular flexibility index (Phi) is 3.66. The number of anilines is 1. The van der Waals surface area contributed by atoms with Crippen LogP contribution in [0.5, 0.6) is 0 Å². The Morgan fingerprint density at radius 2 is 2.29 bits per heavy atom. The molecule has 1 saturated heterocycles. The van der Waals surface area contributed by atoms with Crippen molar-refractivity contribution in [3.8, 4) is 0 Å². The zero-order valence-electron chi connectivity index (χ0n) is 12.2. The second-order valence-corrected chi connectivity index (χ2v) is 5.65. The third-order valence-corrected chi connectivity index (χ3v) is 3.80. The summed E-state index contributed by atoms with van der Waals surface area (Å²) in [6, 6.07) is 4.99. The lowest BCUT2D eigenvalue weighted by Crippen LogP contribution is -2.36. The number of fused-ring (bicyclic) bond motifs is 2. The van der Waals surface area contributed by atoms with E-state index in [9.17, 15) is 4.79 Å². The SMILES string of the molecule is O=C(O)CN1OC2(CON(Cc3ncco3)O2)c2cc(Cl)ccc21. The molecule has 2 aromatic rings. The van der Waals surface area contributed by atoms with Gasteiger partial charge in [-0.1, -0.05) is 16.8 Å². The minimum absolute atomic E-state index is 0.0250. The lowest BCUT2D eigenvalue weighted by molar-refractivity contribution is -0.369. The van der Waals surface area contributed by atoms with Crippen molar-refractivity contribution < 1.29 is 28.8 Å². The van der Waals surface area contributed by atoms with Crippen LogP contribution in [0, 0.1) is 0 Å². The van der Waals surface area contributed by atoms with Gasteiger partial charge in [0, 0.05) is 10.6 Å². The van der Waals surface area contributed by atoms with Gasteiger partial charge in [0.2, 0.25) is 5.89 Å². The van der Waals surface area contributed by atoms with Gasteiger partial charge >= 0.3 is 5.97 Å². The van der Waals surface area contributed by atoms with Crippen LogP contribution in [0.2, 0.25) is 5.02 Å². The normalized spacial score (nSPS) is 23.1. The minimum Gasteiger partial charge on any atom is -0.480 e. The fraction of sp³-hybridized carbons (Fsp3) is 0.286. The minimum atomic E-state index is -1.30. The quantitative estimate of drug-likeness (QED) is 0.880. The number of carboxylic acid groups (broad SMARTS) is 1. The summed E-state index contributed by atoms with van der Waals surface area (Å²) in [4.78, 5) is 32.1. The first-order valence-corrected chi connectivity index (χ1v) is 7.40. The summed E-state index contributed by atoms with van der Waals surface area (Å²) in [5.41, 5.74) is 1.15. The zero-order valence-corrected chi connectivity index (χ0v) is 13.0. The van der Waals surface area contributed by atoms with E-state index in [2.05, 4.69) is 4.98 Å². The maximum absolute atomic E-state index is 11.1. The van der Waals surface area contributed by atoms with E-state index in [0.717, 1.165) is 0 Å². The van der Waals surface area contributed by atoms with Crippen LogP contribution in [0.3, 0.4) is 0 Å². The number of nitrogens with zero attached hydrogens (tertiary/aromatic N) is 3. The van der Waals surface area contributed by atoms with E-state index in [1.54, 1.807) is 18.2 Å². The summed E-state index contributed by atoms with van der Waals surface area (Å²) in [5.74, 6) is -1.94. The van der Waals surface area contributed by atoms with E-state index in [1.807, 2.05) is 0 Å². The standard InChI is InChI=1S/C14H12ClN3O6/c15-9-1-2-11-10(5-9)14(23-17(11)7-13(19)20)8-22-18(24-14)6-12-16-3-4-21-12/h1-5H,6-8H2,(H,19,20). The van der Waals surface area contributed by atoms with Crippen LogP contribution in [-0.4, -0.2) is 34.4 Å². The zero-order chi connectivity index (χ0) is 16.7. The summed E-state index contributed by atoms with van der Waals surface area (Å²) in [5, 5.41) is 12.0. The van der Waals surface area contributed by atoms with Crippen molar-refractivity contribution in [3.05, 3.63) is 47.1 Å². The first-order chi connectivity index (χ1) is 11.6. The molecular formula is C14H12ClN3O6. The van der Waals surface area contributed by atoms with E-state index < -0.39 is 11.8 Å². The molecule has 0 aliphatic carbocycles. The molecule has 1 N–H and O–H groups in total. The molecule has 0 amide bonds. The number of halogens is 1. The highest BCUT2D eigenvalue weighted by Crippen LogP contribution is 2.47. The van der Waals surface area contributed by atoms with E-state index in [0.29, 0.717) is 22.2 Å². The number of aliphatic carboxylic acids is 1. The summed E-state index contributed by atoms with van der Waals surface area (Å²) in [6.45, 7) is -0.177. The lowest BCUT2D eigenvalue weighted by Gasteiger charge is -2.22. The molecule has 2 aliphatic rings. The molecule has 10 heteroatoms. The predicted molar refractivity (Wildman–Crippen MR) is 78.3 cm³/mol. The van der Waals surface area contributed by atoms with Crippen molar-refractivity contribution >= 4 is 23.3 Å². The predicted octanol–water partition coefficient (Wildman–Crippen LogP) is 1.70. The van der Waals surface area contributed by atoms with Crippen LogP contribution in [0.4, 0.5) is 5.69 Å². The number of oxazole rings is 1. The smallest absolute Gasteiger partial charge is 0.325 e. The number of hydrogen-bond acceptors (Lipinski definition) is 8. The van der Waals surface area contributed by atoms with Crippen LogP contribution in [-0.2, 0) is 31.6 Å². The Balaban J connectivity index is 1.61. The summed E-state index contributed by atoms with van der Waals surface area (Å²) < 4.78 is 5.15. The number of rotatable bonds is 4. The molecule has 1 unspecified atom stereocenters. The molecule has 1 aromatic carbocycles. The van der Waals surface area contributed by atoms with E-state index in [1.165, 1.54) is 22.7 Å².